The van der Waals surface area contributed by atoms with E-state index in [-0.39, 0.29) is 53.9 Å². The second-order valence-corrected chi connectivity index (χ2v) is 8.03. The van der Waals surface area contributed by atoms with Gasteiger partial charge in [0.2, 0.25) is 5.91 Å². The summed E-state index contributed by atoms with van der Waals surface area (Å²) in [7, 11) is 1.26. The van der Waals surface area contributed by atoms with Crippen LogP contribution >= 0.6 is 23.1 Å². The number of fused-ring (bicyclic) bond motifs is 1. The molecule has 0 radical (unpaired) electrons. The zero-order chi connectivity index (χ0) is 20.5. The predicted molar refractivity (Wildman–Crippen MR) is 96.6 cm³/mol. The van der Waals surface area contributed by atoms with Crippen molar-refractivity contribution in [3.63, 3.8) is 0 Å². The van der Waals surface area contributed by atoms with E-state index in [0.29, 0.717) is 0 Å². The van der Waals surface area contributed by atoms with Gasteiger partial charge in [-0.25, -0.2) is 4.79 Å². The van der Waals surface area contributed by atoms with Crippen LogP contribution in [0.25, 0.3) is 0 Å². The average Bonchev–Trinajstić information content (AvgIpc) is 3.15. The number of thiophene rings is 1. The number of amides is 3. The Morgan fingerprint density at radius 1 is 1.45 bits per heavy atom. The molecule has 0 bridgehead atoms. The monoisotopic (exact) mass is 449 g/mol. The second-order valence-electron chi connectivity index (χ2n) is 5.93. The Labute approximate surface area is 196 Å². The van der Waals surface area contributed by atoms with Crippen LogP contribution in [-0.4, -0.2) is 59.3 Å². The molecule has 1 fully saturated rings. The Morgan fingerprint density at radius 2 is 2.17 bits per heavy atom. The smallest absolute Gasteiger partial charge is 0.543 e. The third kappa shape index (κ3) is 4.47. The summed E-state index contributed by atoms with van der Waals surface area (Å²) >= 11 is 2.57. The van der Waals surface area contributed by atoms with Gasteiger partial charge in [0.25, 0.3) is 11.6 Å². The van der Waals surface area contributed by atoms with Gasteiger partial charge in [0.05, 0.1) is 18.1 Å². The van der Waals surface area contributed by atoms with Gasteiger partial charge in [-0.1, -0.05) is 6.07 Å². The van der Waals surface area contributed by atoms with Crippen LogP contribution in [0.4, 0.5) is 4.79 Å². The van der Waals surface area contributed by atoms with Crippen molar-refractivity contribution < 1.29 is 63.3 Å². The van der Waals surface area contributed by atoms with Crippen LogP contribution in [-0.2, 0) is 30.3 Å². The molecule has 29 heavy (non-hydrogen) atoms. The third-order valence-corrected chi connectivity index (χ3v) is 6.50. The number of β-lactam (4-membered cyclic amide) rings is 1. The molecule has 0 aliphatic carbocycles. The van der Waals surface area contributed by atoms with Crippen LogP contribution < -0.4 is 45.7 Å². The summed E-state index contributed by atoms with van der Waals surface area (Å²) in [6, 6.07) is 3.59. The number of aliphatic carboxylic acids is 1. The van der Waals surface area contributed by atoms with E-state index in [1.54, 1.807) is 12.1 Å². The Kier molecular flexibility index (Phi) is 7.76. The van der Waals surface area contributed by atoms with Gasteiger partial charge in [-0.3, -0.25) is 14.5 Å². The number of nitrogens with zero attached hydrogens (tertiary/aromatic N) is 1. The standard InChI is InChI=1S/C16H17N3O7S2.Na/c1-25-16(18-10(20)5-9-3-2-4-27-9)13(23)19-11(12(21)22)8(6-26-15(17)24)7-28-14(16)19;/h2-4,14H,5-7H2,1H3,(H2,17,24)(H,18,20)(H,21,22);/q;+1/p-1/t14?,16-;/m0./s1. The van der Waals surface area contributed by atoms with E-state index in [2.05, 4.69) is 10.1 Å². The minimum absolute atomic E-state index is 0. The van der Waals surface area contributed by atoms with Gasteiger partial charge in [-0.05, 0) is 11.4 Å². The molecule has 2 aliphatic rings. The first kappa shape index (κ1) is 23.7. The van der Waals surface area contributed by atoms with Gasteiger partial charge in [-0.15, -0.1) is 23.1 Å². The van der Waals surface area contributed by atoms with Crippen LogP contribution in [0.2, 0.25) is 0 Å². The SMILES string of the molecule is CO[C@@]1(NC(=O)Cc2cccs2)C(=O)N2C(C(=O)[O-])=C(COC(N)=O)CSC21.[Na+]. The van der Waals surface area contributed by atoms with E-state index >= 15 is 0 Å². The van der Waals surface area contributed by atoms with E-state index in [4.69, 9.17) is 10.5 Å². The molecule has 1 unspecified atom stereocenters. The summed E-state index contributed by atoms with van der Waals surface area (Å²) in [4.78, 5) is 49.4. The number of methoxy groups -OCH3 is 1. The van der Waals surface area contributed by atoms with Crippen LogP contribution in [0.15, 0.2) is 28.8 Å². The maximum Gasteiger partial charge on any atom is 1.00 e. The van der Waals surface area contributed by atoms with Gasteiger partial charge >= 0.3 is 35.7 Å². The van der Waals surface area contributed by atoms with Crippen molar-refractivity contribution in [1.29, 1.82) is 0 Å². The number of rotatable bonds is 7. The van der Waals surface area contributed by atoms with E-state index < -0.39 is 40.7 Å². The summed E-state index contributed by atoms with van der Waals surface area (Å²) in [6.07, 6.45) is -1.01. The zero-order valence-electron chi connectivity index (χ0n) is 15.6. The molecular weight excluding hydrogens is 433 g/mol. The van der Waals surface area contributed by atoms with Crippen LogP contribution in [0.3, 0.4) is 0 Å². The van der Waals surface area contributed by atoms with Crippen molar-refractivity contribution in [2.75, 3.05) is 19.5 Å². The normalized spacial score (nSPS) is 22.9. The minimum Gasteiger partial charge on any atom is -0.543 e. The first-order chi connectivity index (χ1) is 13.3. The molecule has 0 aromatic carbocycles. The number of hydrogen-bond acceptors (Lipinski definition) is 9. The van der Waals surface area contributed by atoms with Gasteiger partial charge < -0.3 is 30.4 Å². The quantitative estimate of drug-likeness (QED) is 0.241. The van der Waals surface area contributed by atoms with E-state index in [1.165, 1.54) is 30.2 Å². The maximum absolute atomic E-state index is 12.8. The number of carboxylic acid groups (broad SMARTS) is 1. The van der Waals surface area contributed by atoms with Gasteiger partial charge in [0.1, 0.15) is 12.0 Å². The Bertz CT molecular complexity index is 861. The minimum atomic E-state index is -1.68. The number of thioether (sulfide) groups is 1. The van der Waals surface area contributed by atoms with Crippen molar-refractivity contribution in [3.8, 4) is 0 Å². The maximum atomic E-state index is 12.8. The van der Waals surface area contributed by atoms with Crippen LogP contribution in [0.1, 0.15) is 4.88 Å². The van der Waals surface area contributed by atoms with Gasteiger partial charge in [0.15, 0.2) is 0 Å². The number of ether oxygens (including phenoxy) is 2. The zero-order valence-corrected chi connectivity index (χ0v) is 19.3. The Hall–Kier alpha value is -1.57. The fourth-order valence-electron chi connectivity index (χ4n) is 3.02. The fourth-order valence-corrected chi connectivity index (χ4v) is 5.15. The Balaban J connectivity index is 0.00000300. The Morgan fingerprint density at radius 3 is 2.72 bits per heavy atom. The molecule has 0 saturated carbocycles. The van der Waals surface area contributed by atoms with E-state index in [0.717, 1.165) is 9.78 Å². The average molecular weight is 449 g/mol. The summed E-state index contributed by atoms with van der Waals surface area (Å²) in [5, 5.41) is 15.2. The number of carbonyl (C=O) groups is 4. The molecule has 2 aliphatic heterocycles. The van der Waals surface area contributed by atoms with Crippen molar-refractivity contribution in [2.24, 2.45) is 5.73 Å². The van der Waals surface area contributed by atoms with Gasteiger partial charge in [-0.2, -0.15) is 0 Å². The summed E-state index contributed by atoms with van der Waals surface area (Å²) in [5.41, 5.74) is 2.99. The summed E-state index contributed by atoms with van der Waals surface area (Å²) in [6.45, 7) is -0.382. The van der Waals surface area contributed by atoms with E-state index in [9.17, 15) is 24.3 Å². The first-order valence-electron chi connectivity index (χ1n) is 7.99. The molecular formula is C16H16N3NaO7S2. The number of nitrogens with two attached hydrogens (primary N) is 1. The van der Waals surface area contributed by atoms with E-state index in [1.807, 2.05) is 5.38 Å². The molecule has 3 rings (SSSR count). The second kappa shape index (κ2) is 9.49. The van der Waals surface area contributed by atoms with Crippen LogP contribution in [0, 0.1) is 0 Å². The predicted octanol–water partition coefficient (Wildman–Crippen LogP) is -4.23. The topological polar surface area (TPSA) is 151 Å². The van der Waals surface area contributed by atoms with Crippen molar-refractivity contribution in [1.82, 2.24) is 10.2 Å². The number of hydrogen-bond donors (Lipinski definition) is 2. The molecule has 3 heterocycles. The van der Waals surface area contributed by atoms with Crippen molar-refractivity contribution in [3.05, 3.63) is 33.7 Å². The molecule has 3 amide bonds. The van der Waals surface area contributed by atoms with Crippen molar-refractivity contribution in [2.45, 2.75) is 17.5 Å². The molecule has 0 spiro atoms. The summed E-state index contributed by atoms with van der Waals surface area (Å²) in [5.74, 6) is -2.66. The molecule has 150 valence electrons. The number of carbonyl (C=O) groups excluding carboxylic acids is 4. The molecule has 3 N–H and O–H groups in total. The largest absolute Gasteiger partial charge is 1.00 e. The molecule has 1 saturated heterocycles. The molecule has 2 atom stereocenters. The van der Waals surface area contributed by atoms with Crippen LogP contribution in [0.5, 0.6) is 0 Å². The molecule has 13 heteroatoms. The fraction of sp³-hybridized carbons (Fsp3) is 0.375. The molecule has 1 aromatic rings. The van der Waals surface area contributed by atoms with Gasteiger partial charge in [0, 0.05) is 23.3 Å². The third-order valence-electron chi connectivity index (χ3n) is 4.25. The number of carboxylic acids is 1. The summed E-state index contributed by atoms with van der Waals surface area (Å²) < 4.78 is 9.97. The van der Waals surface area contributed by atoms with Crippen molar-refractivity contribution >= 4 is 47.0 Å². The number of primary amides is 1. The molecule has 10 nitrogen and oxygen atoms in total. The molecule has 1 aromatic heterocycles. The first-order valence-corrected chi connectivity index (χ1v) is 9.92. The number of nitrogens with one attached hydrogen (secondary N) is 1.